The van der Waals surface area contributed by atoms with Crippen LogP contribution >= 0.6 is 0 Å². The number of rotatable bonds is 9. The molecule has 206 valence electrons. The maximum atomic E-state index is 14.1. The second-order valence-corrected chi connectivity index (χ2v) is 9.48. The van der Waals surface area contributed by atoms with Gasteiger partial charge in [0.05, 0.1) is 35.5 Å². The van der Waals surface area contributed by atoms with Gasteiger partial charge in [0, 0.05) is 18.4 Å². The smallest absolute Gasteiger partial charge is 0.338 e. The molecule has 0 spiro atoms. The van der Waals surface area contributed by atoms with Crippen LogP contribution in [0.2, 0.25) is 0 Å². The summed E-state index contributed by atoms with van der Waals surface area (Å²) in [6.07, 6.45) is 5.17. The van der Waals surface area contributed by atoms with E-state index >= 15 is 0 Å². The molecule has 5 rings (SSSR count). The number of hydrogen-bond donors (Lipinski definition) is 1. The molecule has 1 N–H and O–H groups in total. The van der Waals surface area contributed by atoms with Crippen molar-refractivity contribution in [2.75, 3.05) is 29.9 Å². The van der Waals surface area contributed by atoms with Crippen molar-refractivity contribution in [1.82, 2.24) is 9.47 Å². The van der Waals surface area contributed by atoms with Crippen LogP contribution in [0.15, 0.2) is 89.7 Å². The van der Waals surface area contributed by atoms with Gasteiger partial charge < -0.3 is 23.9 Å². The van der Waals surface area contributed by atoms with E-state index in [1.807, 2.05) is 55.6 Å². The molecule has 1 atom stereocenters. The third-order valence-electron chi connectivity index (χ3n) is 6.84. The number of fused-ring (bicyclic) bond motifs is 3. The van der Waals surface area contributed by atoms with Crippen LogP contribution in [0.1, 0.15) is 54.5 Å². The number of benzene rings is 2. The number of urea groups is 1. The van der Waals surface area contributed by atoms with Gasteiger partial charge in [-0.05, 0) is 74.0 Å². The summed E-state index contributed by atoms with van der Waals surface area (Å²) in [7, 11) is 0. The largest absolute Gasteiger partial charge is 0.467 e. The molecule has 9 nitrogen and oxygen atoms in total. The number of para-hydroxylation sites is 2. The minimum absolute atomic E-state index is 0.126. The molecule has 0 bridgehead atoms. The van der Waals surface area contributed by atoms with Gasteiger partial charge in [0.2, 0.25) is 5.91 Å². The second-order valence-electron chi connectivity index (χ2n) is 9.48. The SMILES string of the molecule is CCCCN(CC(=O)N1c2ccccc2-n2cccc2C1c1ccco1)C(=O)Nc1ccc(C(=O)OCC)cc1. The van der Waals surface area contributed by atoms with Crippen molar-refractivity contribution in [3.05, 3.63) is 102 Å². The molecule has 1 aliphatic rings. The average Bonchev–Trinajstić information content (AvgIpc) is 3.68. The number of carbonyl (C=O) groups excluding carboxylic acids is 3. The molecule has 1 unspecified atom stereocenters. The van der Waals surface area contributed by atoms with Gasteiger partial charge in [0.1, 0.15) is 18.3 Å². The lowest BCUT2D eigenvalue weighted by atomic mass is 10.0. The van der Waals surface area contributed by atoms with Gasteiger partial charge in [-0.25, -0.2) is 9.59 Å². The number of anilines is 2. The zero-order valence-electron chi connectivity index (χ0n) is 22.6. The minimum Gasteiger partial charge on any atom is -0.467 e. The number of aromatic nitrogens is 1. The normalized spacial score (nSPS) is 13.8. The molecular weight excluding hydrogens is 508 g/mol. The van der Waals surface area contributed by atoms with Gasteiger partial charge in [0.25, 0.3) is 0 Å². The van der Waals surface area contributed by atoms with Crippen LogP contribution in [0.3, 0.4) is 0 Å². The number of nitrogens with one attached hydrogen (secondary N) is 1. The first-order chi connectivity index (χ1) is 19.5. The molecule has 0 aliphatic carbocycles. The first kappa shape index (κ1) is 26.8. The maximum absolute atomic E-state index is 14.1. The lowest BCUT2D eigenvalue weighted by molar-refractivity contribution is -0.119. The van der Waals surface area contributed by atoms with Crippen LogP contribution < -0.4 is 10.2 Å². The van der Waals surface area contributed by atoms with Crippen LogP contribution in [0.5, 0.6) is 0 Å². The van der Waals surface area contributed by atoms with E-state index in [-0.39, 0.29) is 19.1 Å². The van der Waals surface area contributed by atoms with Crippen molar-refractivity contribution in [2.45, 2.75) is 32.7 Å². The van der Waals surface area contributed by atoms with E-state index in [2.05, 4.69) is 9.88 Å². The highest BCUT2D eigenvalue weighted by Gasteiger charge is 2.38. The number of ether oxygens (including phenoxy) is 1. The molecular formula is C31H32N4O5. The zero-order valence-corrected chi connectivity index (χ0v) is 22.6. The second kappa shape index (κ2) is 11.9. The van der Waals surface area contributed by atoms with Crippen LogP contribution in [-0.4, -0.2) is 47.1 Å². The highest BCUT2D eigenvalue weighted by Crippen LogP contribution is 2.42. The Kier molecular flexibility index (Phi) is 8.00. The number of furan rings is 1. The first-order valence-corrected chi connectivity index (χ1v) is 13.5. The van der Waals surface area contributed by atoms with Gasteiger partial charge in [-0.3, -0.25) is 9.69 Å². The van der Waals surface area contributed by atoms with Crippen molar-refractivity contribution in [2.24, 2.45) is 0 Å². The number of amides is 3. The Morgan fingerprint density at radius 2 is 1.73 bits per heavy atom. The Morgan fingerprint density at radius 3 is 2.42 bits per heavy atom. The van der Waals surface area contributed by atoms with Gasteiger partial charge >= 0.3 is 12.0 Å². The highest BCUT2D eigenvalue weighted by atomic mass is 16.5. The fourth-order valence-corrected chi connectivity index (χ4v) is 4.92. The third-order valence-corrected chi connectivity index (χ3v) is 6.84. The third kappa shape index (κ3) is 5.36. The van der Waals surface area contributed by atoms with Crippen molar-refractivity contribution >= 4 is 29.3 Å². The van der Waals surface area contributed by atoms with Crippen molar-refractivity contribution < 1.29 is 23.5 Å². The molecule has 1 aliphatic heterocycles. The van der Waals surface area contributed by atoms with Crippen LogP contribution in [0, 0.1) is 0 Å². The number of carbonyl (C=O) groups is 3. The zero-order chi connectivity index (χ0) is 28.1. The fraction of sp³-hybridized carbons (Fsp3) is 0.258. The van der Waals surface area contributed by atoms with Crippen LogP contribution in [0.4, 0.5) is 16.2 Å². The van der Waals surface area contributed by atoms with Crippen molar-refractivity contribution in [1.29, 1.82) is 0 Å². The Morgan fingerprint density at radius 1 is 0.950 bits per heavy atom. The van der Waals surface area contributed by atoms with E-state index < -0.39 is 18.0 Å². The van der Waals surface area contributed by atoms with Crippen LogP contribution in [0.25, 0.3) is 5.69 Å². The molecule has 0 fully saturated rings. The number of hydrogen-bond acceptors (Lipinski definition) is 5. The number of unbranched alkanes of at least 4 members (excludes halogenated alkanes) is 1. The maximum Gasteiger partial charge on any atom is 0.338 e. The molecule has 9 heteroatoms. The molecule has 40 heavy (non-hydrogen) atoms. The first-order valence-electron chi connectivity index (χ1n) is 13.5. The monoisotopic (exact) mass is 540 g/mol. The molecule has 3 heterocycles. The molecule has 4 aromatic rings. The van der Waals surface area contributed by atoms with E-state index in [0.29, 0.717) is 23.6 Å². The average molecular weight is 541 g/mol. The van der Waals surface area contributed by atoms with Gasteiger partial charge in [-0.1, -0.05) is 25.5 Å². The number of nitrogens with zero attached hydrogens (tertiary/aromatic N) is 3. The van der Waals surface area contributed by atoms with Crippen molar-refractivity contribution in [3.8, 4) is 5.69 Å². The van der Waals surface area contributed by atoms with E-state index in [9.17, 15) is 14.4 Å². The standard InChI is InChI=1S/C31H32N4O5/c1-3-5-18-33(31(38)32-23-16-14-22(15-17-23)30(37)39-4-2)21-28(36)35-25-11-7-6-10-24(25)34-19-8-12-26(34)29(35)27-13-9-20-40-27/h6-17,19-20,29H,3-5,18,21H2,1-2H3,(H,32,38). The Hall–Kier alpha value is -4.79. The molecule has 2 aromatic carbocycles. The summed E-state index contributed by atoms with van der Waals surface area (Å²) >= 11 is 0. The van der Waals surface area contributed by atoms with Gasteiger partial charge in [-0.2, -0.15) is 0 Å². The number of esters is 1. The minimum atomic E-state index is -0.487. The van der Waals surface area contributed by atoms with E-state index in [0.717, 1.165) is 29.9 Å². The summed E-state index contributed by atoms with van der Waals surface area (Å²) in [5, 5.41) is 2.87. The molecule has 3 amide bonds. The Balaban J connectivity index is 1.40. The molecule has 0 saturated heterocycles. The molecule has 2 aromatic heterocycles. The summed E-state index contributed by atoms with van der Waals surface area (Å²) in [6, 6.07) is 20.9. The van der Waals surface area contributed by atoms with Gasteiger partial charge in [0.15, 0.2) is 0 Å². The molecule has 0 radical (unpaired) electrons. The van der Waals surface area contributed by atoms with E-state index in [1.165, 1.54) is 4.90 Å². The molecule has 0 saturated carbocycles. The topological polar surface area (TPSA) is 97.0 Å². The Bertz CT molecular complexity index is 1480. The van der Waals surface area contributed by atoms with E-state index in [1.54, 1.807) is 48.4 Å². The lowest BCUT2D eigenvalue weighted by Crippen LogP contribution is -2.47. The summed E-state index contributed by atoms with van der Waals surface area (Å²) < 4.78 is 12.9. The van der Waals surface area contributed by atoms with Crippen LogP contribution in [-0.2, 0) is 9.53 Å². The van der Waals surface area contributed by atoms with Gasteiger partial charge in [-0.15, -0.1) is 0 Å². The predicted octanol–water partition coefficient (Wildman–Crippen LogP) is 6.02. The predicted molar refractivity (Wildman–Crippen MR) is 152 cm³/mol. The van der Waals surface area contributed by atoms with E-state index in [4.69, 9.17) is 9.15 Å². The Labute approximate surface area is 232 Å². The lowest BCUT2D eigenvalue weighted by Gasteiger charge is -2.38. The summed E-state index contributed by atoms with van der Waals surface area (Å²) in [5.74, 6) is -0.0196. The summed E-state index contributed by atoms with van der Waals surface area (Å²) in [5.41, 5.74) is 3.43. The summed E-state index contributed by atoms with van der Waals surface area (Å²) in [6.45, 7) is 4.35. The quantitative estimate of drug-likeness (QED) is 0.262. The highest BCUT2D eigenvalue weighted by molar-refractivity contribution is 6.01. The summed E-state index contributed by atoms with van der Waals surface area (Å²) in [4.78, 5) is 42.7. The van der Waals surface area contributed by atoms with Crippen molar-refractivity contribution in [3.63, 3.8) is 0 Å². The fourth-order valence-electron chi connectivity index (χ4n) is 4.92.